The van der Waals surface area contributed by atoms with E-state index in [1.54, 1.807) is 24.4 Å². The monoisotopic (exact) mass is 382 g/mol. The highest BCUT2D eigenvalue weighted by atomic mass is 32.1. The van der Waals surface area contributed by atoms with Gasteiger partial charge in [0.25, 0.3) is 0 Å². The number of fused-ring (bicyclic) bond motifs is 1. The molecular weight excluding hydrogens is 364 g/mol. The van der Waals surface area contributed by atoms with Crippen LogP contribution in [0.3, 0.4) is 0 Å². The number of hydrogen-bond acceptors (Lipinski definition) is 6. The number of methoxy groups -OCH3 is 1. The molecule has 1 aliphatic rings. The van der Waals surface area contributed by atoms with Gasteiger partial charge in [0.1, 0.15) is 5.75 Å². The number of aromatic nitrogens is 2. The highest BCUT2D eigenvalue weighted by Crippen LogP contribution is 2.30. The lowest BCUT2D eigenvalue weighted by Gasteiger charge is -2.16. The van der Waals surface area contributed by atoms with E-state index in [2.05, 4.69) is 15.3 Å². The van der Waals surface area contributed by atoms with E-state index in [0.717, 1.165) is 21.5 Å². The standard InChI is InChI=1S/C19H18N4O3S/c1-26-14-2-3-16-15(9-14)21-19(27-16)22-18(25)13-8-17(24)23(11-13)10-12-4-6-20-7-5-12/h2-7,9,13H,8,10-11H2,1H3,(H,21,22,25)/t13-/m0/s1. The Bertz CT molecular complexity index is 989. The SMILES string of the molecule is COc1ccc2sc(NC(=O)[C@H]3CC(=O)N(Cc4ccncc4)C3)nc2c1. The third-order valence-corrected chi connectivity index (χ3v) is 5.48. The Hall–Kier alpha value is -3.00. The number of likely N-dealkylation sites (tertiary alicyclic amines) is 1. The normalized spacial score (nSPS) is 16.7. The molecule has 0 unspecified atom stereocenters. The molecule has 1 aliphatic heterocycles. The molecule has 1 saturated heterocycles. The molecule has 3 aromatic rings. The van der Waals surface area contributed by atoms with Crippen LogP contribution < -0.4 is 10.1 Å². The molecular formula is C19H18N4O3S. The maximum atomic E-state index is 12.6. The maximum absolute atomic E-state index is 12.6. The number of nitrogens with zero attached hydrogens (tertiary/aromatic N) is 3. The molecule has 1 atom stereocenters. The van der Waals surface area contributed by atoms with Crippen molar-refractivity contribution in [2.75, 3.05) is 19.0 Å². The van der Waals surface area contributed by atoms with Gasteiger partial charge in [-0.15, -0.1) is 0 Å². The van der Waals surface area contributed by atoms with Gasteiger partial charge >= 0.3 is 0 Å². The van der Waals surface area contributed by atoms with Crippen molar-refractivity contribution in [1.82, 2.24) is 14.9 Å². The molecule has 0 aliphatic carbocycles. The van der Waals surface area contributed by atoms with E-state index >= 15 is 0 Å². The Balaban J connectivity index is 1.42. The number of nitrogens with one attached hydrogen (secondary N) is 1. The van der Waals surface area contributed by atoms with Gasteiger partial charge in [-0.25, -0.2) is 4.98 Å². The van der Waals surface area contributed by atoms with Crippen LogP contribution in [0, 0.1) is 5.92 Å². The molecule has 8 heteroatoms. The van der Waals surface area contributed by atoms with E-state index in [0.29, 0.717) is 18.2 Å². The third-order valence-electron chi connectivity index (χ3n) is 4.53. The summed E-state index contributed by atoms with van der Waals surface area (Å²) in [6.07, 6.45) is 3.61. The minimum atomic E-state index is -0.374. The van der Waals surface area contributed by atoms with Crippen molar-refractivity contribution in [3.8, 4) is 5.75 Å². The van der Waals surface area contributed by atoms with Crippen LogP contribution in [-0.4, -0.2) is 40.3 Å². The molecule has 2 amide bonds. The van der Waals surface area contributed by atoms with Gasteiger partial charge in [-0.3, -0.25) is 14.6 Å². The molecule has 1 fully saturated rings. The smallest absolute Gasteiger partial charge is 0.231 e. The van der Waals surface area contributed by atoms with E-state index < -0.39 is 0 Å². The fourth-order valence-corrected chi connectivity index (χ4v) is 3.95. The minimum Gasteiger partial charge on any atom is -0.497 e. The van der Waals surface area contributed by atoms with E-state index in [9.17, 15) is 9.59 Å². The van der Waals surface area contributed by atoms with E-state index in [4.69, 9.17) is 4.74 Å². The second-order valence-corrected chi connectivity index (χ2v) is 7.40. The van der Waals surface area contributed by atoms with Gasteiger partial charge in [0.15, 0.2) is 5.13 Å². The van der Waals surface area contributed by atoms with Crippen molar-refractivity contribution in [3.63, 3.8) is 0 Å². The van der Waals surface area contributed by atoms with Gasteiger partial charge in [-0.1, -0.05) is 11.3 Å². The number of hydrogen-bond donors (Lipinski definition) is 1. The van der Waals surface area contributed by atoms with Crippen LogP contribution >= 0.6 is 11.3 Å². The molecule has 0 spiro atoms. The average Bonchev–Trinajstić information content (AvgIpc) is 3.25. The Morgan fingerprint density at radius 2 is 2.15 bits per heavy atom. The van der Waals surface area contributed by atoms with Gasteiger partial charge in [0.2, 0.25) is 11.8 Å². The van der Waals surface area contributed by atoms with Crippen molar-refractivity contribution < 1.29 is 14.3 Å². The van der Waals surface area contributed by atoms with Crippen LogP contribution in [0.4, 0.5) is 5.13 Å². The van der Waals surface area contributed by atoms with Gasteiger partial charge in [0.05, 0.1) is 23.2 Å². The van der Waals surface area contributed by atoms with E-state index in [1.165, 1.54) is 11.3 Å². The fraction of sp³-hybridized carbons (Fsp3) is 0.263. The Kier molecular flexibility index (Phi) is 4.72. The largest absolute Gasteiger partial charge is 0.497 e. The summed E-state index contributed by atoms with van der Waals surface area (Å²) in [6.45, 7) is 0.901. The molecule has 2 aromatic heterocycles. The zero-order valence-corrected chi connectivity index (χ0v) is 15.5. The first-order valence-corrected chi connectivity index (χ1v) is 9.36. The van der Waals surface area contributed by atoms with Crippen LogP contribution in [0.15, 0.2) is 42.7 Å². The number of amides is 2. The molecule has 0 saturated carbocycles. The van der Waals surface area contributed by atoms with Crippen LogP contribution in [0.1, 0.15) is 12.0 Å². The Morgan fingerprint density at radius 1 is 1.33 bits per heavy atom. The van der Waals surface area contributed by atoms with Crippen molar-refractivity contribution in [2.24, 2.45) is 5.92 Å². The van der Waals surface area contributed by atoms with Crippen LogP contribution in [0.25, 0.3) is 10.2 Å². The van der Waals surface area contributed by atoms with Crippen molar-refractivity contribution >= 4 is 38.5 Å². The number of rotatable bonds is 5. The summed E-state index contributed by atoms with van der Waals surface area (Å²) in [6, 6.07) is 9.35. The summed E-state index contributed by atoms with van der Waals surface area (Å²) in [5, 5.41) is 3.39. The molecule has 1 aromatic carbocycles. The lowest BCUT2D eigenvalue weighted by Crippen LogP contribution is -2.28. The molecule has 27 heavy (non-hydrogen) atoms. The Labute approximate surface area is 160 Å². The highest BCUT2D eigenvalue weighted by Gasteiger charge is 2.34. The number of carbonyl (C=O) groups is 2. The van der Waals surface area contributed by atoms with Crippen LogP contribution in [-0.2, 0) is 16.1 Å². The quantitative estimate of drug-likeness (QED) is 0.733. The van der Waals surface area contributed by atoms with Gasteiger partial charge < -0.3 is 15.0 Å². The lowest BCUT2D eigenvalue weighted by molar-refractivity contribution is -0.128. The number of ether oxygens (including phenoxy) is 1. The van der Waals surface area contributed by atoms with Crippen LogP contribution in [0.2, 0.25) is 0 Å². The fourth-order valence-electron chi connectivity index (χ4n) is 3.10. The first-order chi connectivity index (χ1) is 13.1. The number of anilines is 1. The molecule has 4 rings (SSSR count). The minimum absolute atomic E-state index is 0.0130. The van der Waals surface area contributed by atoms with Gasteiger partial charge in [-0.2, -0.15) is 0 Å². The summed E-state index contributed by atoms with van der Waals surface area (Å²) in [7, 11) is 1.60. The molecule has 3 heterocycles. The first kappa shape index (κ1) is 17.4. The van der Waals surface area contributed by atoms with Gasteiger partial charge in [0, 0.05) is 38.0 Å². The zero-order chi connectivity index (χ0) is 18.8. The van der Waals surface area contributed by atoms with Crippen LogP contribution in [0.5, 0.6) is 5.75 Å². The predicted octanol–water partition coefficient (Wildman–Crippen LogP) is 2.69. The van der Waals surface area contributed by atoms with Crippen molar-refractivity contribution in [2.45, 2.75) is 13.0 Å². The Morgan fingerprint density at radius 3 is 2.93 bits per heavy atom. The van der Waals surface area contributed by atoms with Gasteiger partial charge in [-0.05, 0) is 29.8 Å². The predicted molar refractivity (Wildman–Crippen MR) is 103 cm³/mol. The number of pyridine rings is 1. The second-order valence-electron chi connectivity index (χ2n) is 6.37. The first-order valence-electron chi connectivity index (χ1n) is 8.54. The summed E-state index contributed by atoms with van der Waals surface area (Å²) in [5.74, 6) is 0.160. The molecule has 7 nitrogen and oxygen atoms in total. The molecule has 0 bridgehead atoms. The number of thiazole rings is 1. The van der Waals surface area contributed by atoms with E-state index in [-0.39, 0.29) is 24.2 Å². The number of benzene rings is 1. The third kappa shape index (κ3) is 3.75. The zero-order valence-electron chi connectivity index (χ0n) is 14.7. The van der Waals surface area contributed by atoms with Crippen molar-refractivity contribution in [1.29, 1.82) is 0 Å². The molecule has 138 valence electrons. The molecule has 0 radical (unpaired) electrons. The maximum Gasteiger partial charge on any atom is 0.231 e. The molecule has 1 N–H and O–H groups in total. The number of carbonyl (C=O) groups excluding carboxylic acids is 2. The van der Waals surface area contributed by atoms with Crippen molar-refractivity contribution in [3.05, 3.63) is 48.3 Å². The highest BCUT2D eigenvalue weighted by molar-refractivity contribution is 7.22. The van der Waals surface area contributed by atoms with E-state index in [1.807, 2.05) is 30.3 Å². The topological polar surface area (TPSA) is 84.4 Å². The summed E-state index contributed by atoms with van der Waals surface area (Å²) >= 11 is 1.40. The summed E-state index contributed by atoms with van der Waals surface area (Å²) in [4.78, 5) is 35.0. The summed E-state index contributed by atoms with van der Waals surface area (Å²) in [5.41, 5.74) is 1.77. The summed E-state index contributed by atoms with van der Waals surface area (Å²) < 4.78 is 6.16. The second kappa shape index (κ2) is 7.32. The average molecular weight is 382 g/mol. The lowest BCUT2D eigenvalue weighted by atomic mass is 10.1.